The Bertz CT molecular complexity index is 1860. The fourth-order valence-corrected chi connectivity index (χ4v) is 7.66. The molecule has 3 atom stereocenters. The number of benzene rings is 3. The minimum Gasteiger partial charge on any atom is -0.415 e. The fraction of sp³-hybridized carbons (Fsp3) is 0.375. The Morgan fingerprint density at radius 2 is 1.65 bits per heavy atom. The number of hydrogen-bond donors (Lipinski definition) is 3. The zero-order valence-corrected chi connectivity index (χ0v) is 29.0. The van der Waals surface area contributed by atoms with Gasteiger partial charge in [-0.05, 0) is 87.3 Å². The van der Waals surface area contributed by atoms with Gasteiger partial charge in [0.15, 0.2) is 0 Å². The lowest BCUT2D eigenvalue weighted by Crippen LogP contribution is -2.50. The van der Waals surface area contributed by atoms with Crippen LogP contribution in [-0.4, -0.2) is 38.7 Å². The number of fused-ring (bicyclic) bond motifs is 2. The molecule has 4 heterocycles. The van der Waals surface area contributed by atoms with Crippen molar-refractivity contribution < 1.29 is 14.4 Å². The van der Waals surface area contributed by atoms with E-state index in [2.05, 4.69) is 53.9 Å². The number of anilines is 2. The maximum atomic E-state index is 14.0. The highest BCUT2D eigenvalue weighted by Crippen LogP contribution is 2.43. The first-order valence-corrected chi connectivity index (χ1v) is 17.3. The SMILES string of the molecule is Cc1ccc(-n2nc(C(C)(C)C)cc2NC(=O)Nc2cccc(CC3CC4CCC(C3)N4C(=O)C3=CON[C@@]3(C)c3ccccc3)c2)cc1. The third-order valence-electron chi connectivity index (χ3n) is 10.3. The number of amides is 3. The third-order valence-corrected chi connectivity index (χ3v) is 10.3. The van der Waals surface area contributed by atoms with E-state index in [1.54, 1.807) is 10.9 Å². The Hall–Kier alpha value is -4.89. The van der Waals surface area contributed by atoms with Gasteiger partial charge in [-0.2, -0.15) is 5.10 Å². The quantitative estimate of drug-likeness (QED) is 0.188. The average Bonchev–Trinajstić information content (AvgIpc) is 3.76. The summed E-state index contributed by atoms with van der Waals surface area (Å²) >= 11 is 0. The molecule has 2 unspecified atom stereocenters. The van der Waals surface area contributed by atoms with Crippen molar-refractivity contribution in [1.29, 1.82) is 0 Å². The molecular weight excluding hydrogens is 612 g/mol. The zero-order valence-electron chi connectivity index (χ0n) is 29.0. The number of carbonyl (C=O) groups is 2. The highest BCUT2D eigenvalue weighted by molar-refractivity contribution is 5.99. The standard InChI is InChI=1S/C40H46N6O3/c1-26-14-16-31(17-15-26)46-36(24-35(43-46)39(2,3)4)42-38(48)41-30-13-9-10-27(21-30)20-28-22-32-18-19-33(23-28)45(32)37(47)34-25-49-44-40(34,5)29-11-7-6-8-12-29/h6-17,21,24-25,28,32-33,44H,18-20,22-23H2,1-5H3,(H2,41,42,48)/t28?,32?,33?,40-/m0/s1. The number of carbonyl (C=O) groups excluding carboxylic acids is 2. The number of rotatable bonds is 7. The summed E-state index contributed by atoms with van der Waals surface area (Å²) in [7, 11) is 0. The van der Waals surface area contributed by atoms with E-state index in [-0.39, 0.29) is 29.4 Å². The van der Waals surface area contributed by atoms with Gasteiger partial charge in [-0.25, -0.2) is 9.48 Å². The van der Waals surface area contributed by atoms with Gasteiger partial charge < -0.3 is 15.1 Å². The molecule has 9 heteroatoms. The first-order valence-electron chi connectivity index (χ1n) is 17.3. The van der Waals surface area contributed by atoms with Crippen LogP contribution in [0.1, 0.15) is 75.8 Å². The van der Waals surface area contributed by atoms with Crippen LogP contribution < -0.4 is 16.1 Å². The highest BCUT2D eigenvalue weighted by Gasteiger charge is 2.48. The lowest BCUT2D eigenvalue weighted by atomic mass is 9.82. The number of aryl methyl sites for hydroxylation is 1. The fourth-order valence-electron chi connectivity index (χ4n) is 7.66. The number of piperidine rings is 1. The molecule has 0 radical (unpaired) electrons. The van der Waals surface area contributed by atoms with E-state index in [9.17, 15) is 9.59 Å². The number of hydroxylamine groups is 1. The summed E-state index contributed by atoms with van der Waals surface area (Å²) in [5.74, 6) is 1.13. The van der Waals surface area contributed by atoms with Crippen LogP contribution in [0.5, 0.6) is 0 Å². The van der Waals surface area contributed by atoms with Crippen LogP contribution in [0.4, 0.5) is 16.3 Å². The molecule has 2 saturated heterocycles. The number of nitrogens with zero attached hydrogens (tertiary/aromatic N) is 3. The van der Waals surface area contributed by atoms with Crippen LogP contribution in [-0.2, 0) is 27.0 Å². The van der Waals surface area contributed by atoms with Crippen LogP contribution >= 0.6 is 0 Å². The molecule has 3 N–H and O–H groups in total. The molecule has 0 spiro atoms. The largest absolute Gasteiger partial charge is 0.415 e. The van der Waals surface area contributed by atoms with Crippen molar-refractivity contribution >= 4 is 23.4 Å². The van der Waals surface area contributed by atoms with Crippen molar-refractivity contribution in [2.75, 3.05) is 10.6 Å². The van der Waals surface area contributed by atoms with Crippen LogP contribution in [0.15, 0.2) is 96.8 Å². The van der Waals surface area contributed by atoms with Crippen LogP contribution in [0.3, 0.4) is 0 Å². The van der Waals surface area contributed by atoms with Crippen molar-refractivity contribution in [3.05, 3.63) is 119 Å². The zero-order chi connectivity index (χ0) is 34.3. The smallest absolute Gasteiger partial charge is 0.324 e. The van der Waals surface area contributed by atoms with E-state index < -0.39 is 5.54 Å². The maximum absolute atomic E-state index is 14.0. The number of nitrogens with one attached hydrogen (secondary N) is 3. The van der Waals surface area contributed by atoms with E-state index in [0.29, 0.717) is 17.3 Å². The van der Waals surface area contributed by atoms with Gasteiger partial charge in [-0.3, -0.25) is 10.1 Å². The predicted molar refractivity (Wildman–Crippen MR) is 192 cm³/mol. The van der Waals surface area contributed by atoms with Crippen molar-refractivity contribution in [1.82, 2.24) is 20.2 Å². The lowest BCUT2D eigenvalue weighted by Gasteiger charge is -2.40. The number of aromatic nitrogens is 2. The van der Waals surface area contributed by atoms with Gasteiger partial charge in [0, 0.05) is 29.3 Å². The van der Waals surface area contributed by atoms with E-state index in [1.807, 2.05) is 86.6 Å². The second-order valence-electron chi connectivity index (χ2n) is 15.1. The van der Waals surface area contributed by atoms with Crippen LogP contribution in [0, 0.1) is 12.8 Å². The number of urea groups is 1. The summed E-state index contributed by atoms with van der Waals surface area (Å²) in [6.45, 7) is 10.4. The third kappa shape index (κ3) is 6.59. The van der Waals surface area contributed by atoms with Gasteiger partial charge in [0.2, 0.25) is 0 Å². The van der Waals surface area contributed by atoms with Crippen LogP contribution in [0.25, 0.3) is 5.69 Å². The molecule has 3 aliphatic heterocycles. The second kappa shape index (κ2) is 12.9. The minimum atomic E-state index is -0.691. The Morgan fingerprint density at radius 3 is 2.35 bits per heavy atom. The molecule has 2 fully saturated rings. The van der Waals surface area contributed by atoms with Gasteiger partial charge in [0.25, 0.3) is 5.91 Å². The Balaban J connectivity index is 1.00. The molecule has 7 rings (SSSR count). The van der Waals surface area contributed by atoms with Crippen molar-refractivity contribution in [3.8, 4) is 5.69 Å². The molecule has 0 aliphatic carbocycles. The summed E-state index contributed by atoms with van der Waals surface area (Å²) < 4.78 is 1.79. The van der Waals surface area contributed by atoms with E-state index in [1.165, 1.54) is 5.56 Å². The Morgan fingerprint density at radius 1 is 0.939 bits per heavy atom. The van der Waals surface area contributed by atoms with Crippen molar-refractivity contribution in [2.45, 2.75) is 89.8 Å². The average molecular weight is 659 g/mol. The first-order chi connectivity index (χ1) is 23.5. The number of hydrogen-bond acceptors (Lipinski definition) is 5. The first kappa shape index (κ1) is 32.6. The van der Waals surface area contributed by atoms with E-state index >= 15 is 0 Å². The molecule has 9 nitrogen and oxygen atoms in total. The molecule has 49 heavy (non-hydrogen) atoms. The van der Waals surface area contributed by atoms with Crippen molar-refractivity contribution in [3.63, 3.8) is 0 Å². The lowest BCUT2D eigenvalue weighted by molar-refractivity contribution is -0.132. The molecule has 254 valence electrons. The van der Waals surface area contributed by atoms with Gasteiger partial charge in [-0.1, -0.05) is 80.9 Å². The summed E-state index contributed by atoms with van der Waals surface area (Å²) in [6, 6.07) is 28.2. The highest BCUT2D eigenvalue weighted by atomic mass is 16.6. The second-order valence-corrected chi connectivity index (χ2v) is 15.1. The summed E-state index contributed by atoms with van der Waals surface area (Å²) in [4.78, 5) is 35.0. The monoisotopic (exact) mass is 658 g/mol. The molecule has 0 saturated carbocycles. The summed E-state index contributed by atoms with van der Waals surface area (Å²) in [6.07, 6.45) is 6.46. The van der Waals surface area contributed by atoms with Crippen molar-refractivity contribution in [2.24, 2.45) is 5.92 Å². The maximum Gasteiger partial charge on any atom is 0.324 e. The molecule has 2 bridgehead atoms. The van der Waals surface area contributed by atoms with E-state index in [0.717, 1.165) is 60.3 Å². The molecule has 3 aromatic carbocycles. The van der Waals surface area contributed by atoms with Gasteiger partial charge >= 0.3 is 6.03 Å². The van der Waals surface area contributed by atoms with E-state index in [4.69, 9.17) is 9.94 Å². The van der Waals surface area contributed by atoms with Gasteiger partial charge in [-0.15, -0.1) is 5.48 Å². The van der Waals surface area contributed by atoms with Crippen LogP contribution in [0.2, 0.25) is 0 Å². The molecule has 3 amide bonds. The topological polar surface area (TPSA) is 101 Å². The summed E-state index contributed by atoms with van der Waals surface area (Å²) in [5, 5.41) is 10.9. The minimum absolute atomic E-state index is 0.0675. The predicted octanol–water partition coefficient (Wildman–Crippen LogP) is 7.77. The Labute approximate surface area is 288 Å². The van der Waals surface area contributed by atoms with Gasteiger partial charge in [0.1, 0.15) is 17.6 Å². The van der Waals surface area contributed by atoms with Gasteiger partial charge in [0.05, 0.1) is 17.0 Å². The normalized spacial score (nSPS) is 23.2. The molecule has 3 aliphatic rings. The molecular formula is C40H46N6O3. The summed E-state index contributed by atoms with van der Waals surface area (Å²) in [5.41, 5.74) is 8.72. The molecule has 4 aromatic rings. The Kier molecular flexibility index (Phi) is 8.57. The molecule has 1 aromatic heterocycles.